The van der Waals surface area contributed by atoms with Crippen molar-refractivity contribution in [3.63, 3.8) is 0 Å². The van der Waals surface area contributed by atoms with Gasteiger partial charge in [0.15, 0.2) is 6.29 Å². The van der Waals surface area contributed by atoms with Crippen LogP contribution in [0.3, 0.4) is 0 Å². The van der Waals surface area contributed by atoms with Crippen molar-refractivity contribution in [2.24, 2.45) is 0 Å². The molecule has 0 aliphatic rings. The molecule has 0 aromatic carbocycles. The number of aldehydes is 1. The first-order chi connectivity index (χ1) is 7.19. The second-order valence-corrected chi connectivity index (χ2v) is 4.20. The van der Waals surface area contributed by atoms with E-state index in [9.17, 15) is 9.36 Å². The summed E-state index contributed by atoms with van der Waals surface area (Å²) in [6.07, 6.45) is -7.80. The number of carbonyl (C=O) groups excluding carboxylic acids is 1. The Kier molecular flexibility index (Phi) is 17.8. The summed E-state index contributed by atoms with van der Waals surface area (Å²) < 4.78 is 14.1. The molecule has 2 radical (unpaired) electrons. The summed E-state index contributed by atoms with van der Waals surface area (Å²) in [7, 11) is -4.80. The Balaban J connectivity index is -0.00000112. The van der Waals surface area contributed by atoms with E-state index in [1.165, 1.54) is 0 Å². The van der Waals surface area contributed by atoms with E-state index in [-0.39, 0.29) is 109 Å². The molecule has 0 aromatic heterocycles. The SMILES string of the molecule is O=C[C@H](O)[C@@H](O)[C@H](O)[C@H](O)COP(=O)(O)O.[K].[K]. The summed E-state index contributed by atoms with van der Waals surface area (Å²) in [5.74, 6) is 0. The molecule has 4 atom stereocenters. The minimum Gasteiger partial charge on any atom is -0.388 e. The number of phosphoric acid groups is 1. The molecule has 0 heterocycles. The maximum Gasteiger partial charge on any atom is 0.469 e. The van der Waals surface area contributed by atoms with Gasteiger partial charge < -0.3 is 35.0 Å². The van der Waals surface area contributed by atoms with Crippen LogP contribution in [0.4, 0.5) is 0 Å². The van der Waals surface area contributed by atoms with Gasteiger partial charge in [0.05, 0.1) is 6.61 Å². The van der Waals surface area contributed by atoms with E-state index >= 15 is 0 Å². The number of rotatable bonds is 7. The summed E-state index contributed by atoms with van der Waals surface area (Å²) in [4.78, 5) is 26.6. The van der Waals surface area contributed by atoms with Crippen LogP contribution < -0.4 is 0 Å². The standard InChI is InChI=1S/C6H13O9P.2K/c7-1-3(8)5(10)6(11)4(9)2-15-16(12,13)14;;/h1,3-6,8-11H,2H2,(H2,12,13,14);;/t3-,4+,5+,6+;;/m0../s1. The van der Waals surface area contributed by atoms with Crippen molar-refractivity contribution in [1.82, 2.24) is 0 Å². The van der Waals surface area contributed by atoms with Crippen LogP contribution in [0, 0.1) is 0 Å². The van der Waals surface area contributed by atoms with Crippen LogP contribution in [0.15, 0.2) is 0 Å². The zero-order chi connectivity index (χ0) is 12.9. The van der Waals surface area contributed by atoms with Gasteiger partial charge in [-0.1, -0.05) is 0 Å². The zero-order valence-electron chi connectivity index (χ0n) is 9.95. The fourth-order valence-electron chi connectivity index (χ4n) is 0.782. The topological polar surface area (TPSA) is 165 Å². The van der Waals surface area contributed by atoms with Gasteiger partial charge in [-0.2, -0.15) is 0 Å². The number of aliphatic hydroxyl groups excluding tert-OH is 4. The zero-order valence-corrected chi connectivity index (χ0v) is 17.1. The Morgan fingerprint density at radius 1 is 1.06 bits per heavy atom. The fourth-order valence-corrected chi connectivity index (χ4v) is 1.13. The Labute approximate surface area is 188 Å². The van der Waals surface area contributed by atoms with Crippen molar-refractivity contribution in [2.45, 2.75) is 24.4 Å². The molecule has 0 aromatic rings. The third-order valence-corrected chi connectivity index (χ3v) is 2.13. The van der Waals surface area contributed by atoms with Crippen LogP contribution in [0.5, 0.6) is 0 Å². The number of aliphatic hydroxyl groups is 4. The Bertz CT molecular complexity index is 272. The number of carbonyl (C=O) groups is 1. The van der Waals surface area contributed by atoms with Crippen molar-refractivity contribution in [1.29, 1.82) is 0 Å². The molecular formula is C6H13K2O9P. The van der Waals surface area contributed by atoms with Gasteiger partial charge in [-0.25, -0.2) is 4.57 Å². The summed E-state index contributed by atoms with van der Waals surface area (Å²) in [6, 6.07) is 0. The molecule has 0 aliphatic carbocycles. The summed E-state index contributed by atoms with van der Waals surface area (Å²) >= 11 is 0. The Morgan fingerprint density at radius 3 is 1.83 bits per heavy atom. The van der Waals surface area contributed by atoms with E-state index in [1.807, 2.05) is 0 Å². The molecule has 6 N–H and O–H groups in total. The van der Waals surface area contributed by atoms with Crippen molar-refractivity contribution in [2.75, 3.05) is 6.61 Å². The fraction of sp³-hybridized carbons (Fsp3) is 0.833. The Hall–Kier alpha value is 2.89. The van der Waals surface area contributed by atoms with Crippen LogP contribution in [-0.4, -0.2) is 170 Å². The number of hydrogen-bond acceptors (Lipinski definition) is 7. The average Bonchev–Trinajstić information content (AvgIpc) is 2.21. The molecule has 0 amide bonds. The molecular weight excluding hydrogens is 325 g/mol. The van der Waals surface area contributed by atoms with Crippen molar-refractivity contribution < 1.29 is 44.1 Å². The van der Waals surface area contributed by atoms with Gasteiger partial charge in [-0.3, -0.25) is 4.52 Å². The third-order valence-electron chi connectivity index (χ3n) is 1.65. The van der Waals surface area contributed by atoms with E-state index < -0.39 is 38.8 Å². The monoisotopic (exact) mass is 338 g/mol. The van der Waals surface area contributed by atoms with Gasteiger partial charge in [-0.15, -0.1) is 0 Å². The van der Waals surface area contributed by atoms with Gasteiger partial charge in [0.2, 0.25) is 0 Å². The molecule has 9 nitrogen and oxygen atoms in total. The third kappa shape index (κ3) is 11.5. The molecule has 0 spiro atoms. The summed E-state index contributed by atoms with van der Waals surface area (Å²) in [6.45, 7) is -0.964. The molecule has 0 saturated carbocycles. The van der Waals surface area contributed by atoms with Gasteiger partial charge in [0, 0.05) is 103 Å². The molecule has 98 valence electrons. The normalized spacial score (nSPS) is 17.7. The first kappa shape index (κ1) is 25.8. The molecule has 0 rings (SSSR count). The van der Waals surface area contributed by atoms with Crippen LogP contribution in [0.25, 0.3) is 0 Å². The van der Waals surface area contributed by atoms with Crippen LogP contribution in [0.2, 0.25) is 0 Å². The molecule has 0 fully saturated rings. The maximum atomic E-state index is 10.2. The van der Waals surface area contributed by atoms with E-state index in [4.69, 9.17) is 30.2 Å². The van der Waals surface area contributed by atoms with Crippen molar-refractivity contribution >= 4 is 117 Å². The van der Waals surface area contributed by atoms with Gasteiger partial charge in [0.1, 0.15) is 24.4 Å². The molecule has 12 heteroatoms. The van der Waals surface area contributed by atoms with E-state index in [0.29, 0.717) is 0 Å². The maximum absolute atomic E-state index is 10.2. The molecule has 0 saturated heterocycles. The number of phosphoric ester groups is 1. The van der Waals surface area contributed by atoms with Crippen LogP contribution in [-0.2, 0) is 13.9 Å². The molecule has 18 heavy (non-hydrogen) atoms. The van der Waals surface area contributed by atoms with Crippen LogP contribution >= 0.6 is 7.82 Å². The minimum absolute atomic E-state index is 0. The van der Waals surface area contributed by atoms with Gasteiger partial charge in [0.25, 0.3) is 0 Å². The number of hydrogen-bond donors (Lipinski definition) is 6. The first-order valence-corrected chi connectivity index (χ1v) is 5.59. The molecule has 0 bridgehead atoms. The largest absolute Gasteiger partial charge is 0.469 e. The first-order valence-electron chi connectivity index (χ1n) is 4.06. The predicted molar refractivity (Wildman–Crippen MR) is 59.6 cm³/mol. The van der Waals surface area contributed by atoms with Crippen LogP contribution in [0.1, 0.15) is 0 Å². The Morgan fingerprint density at radius 2 is 1.50 bits per heavy atom. The predicted octanol–water partition coefficient (Wildman–Crippen LogP) is -4.02. The van der Waals surface area contributed by atoms with E-state index in [0.717, 1.165) is 0 Å². The van der Waals surface area contributed by atoms with Crippen molar-refractivity contribution in [3.8, 4) is 0 Å². The molecule has 0 unspecified atom stereocenters. The van der Waals surface area contributed by atoms with Crippen molar-refractivity contribution in [3.05, 3.63) is 0 Å². The van der Waals surface area contributed by atoms with Gasteiger partial charge in [-0.05, 0) is 0 Å². The summed E-state index contributed by atoms with van der Waals surface area (Å²) in [5.41, 5.74) is 0. The summed E-state index contributed by atoms with van der Waals surface area (Å²) in [5, 5.41) is 36.1. The average molecular weight is 338 g/mol. The quantitative estimate of drug-likeness (QED) is 0.154. The second kappa shape index (κ2) is 12.4. The van der Waals surface area contributed by atoms with Gasteiger partial charge >= 0.3 is 7.82 Å². The second-order valence-electron chi connectivity index (χ2n) is 2.96. The molecule has 0 aliphatic heterocycles. The minimum atomic E-state index is -4.80. The smallest absolute Gasteiger partial charge is 0.388 e. The van der Waals surface area contributed by atoms with E-state index in [1.54, 1.807) is 0 Å². The van der Waals surface area contributed by atoms with E-state index in [2.05, 4.69) is 4.52 Å².